The Labute approximate surface area is 108 Å². The van der Waals surface area contributed by atoms with Gasteiger partial charge >= 0.3 is 12.1 Å². The molecule has 0 heterocycles. The highest BCUT2D eigenvalue weighted by atomic mass is 19.4. The number of hydrogen-bond acceptors (Lipinski definition) is 2. The van der Waals surface area contributed by atoms with Crippen LogP contribution in [0.25, 0.3) is 0 Å². The van der Waals surface area contributed by atoms with E-state index < -0.39 is 23.1 Å². The molecule has 2 rings (SSSR count). The first-order valence-corrected chi connectivity index (χ1v) is 5.77. The molecule has 6 heteroatoms. The van der Waals surface area contributed by atoms with Gasteiger partial charge in [0.15, 0.2) is 0 Å². The molecule has 1 N–H and O–H groups in total. The molecule has 1 aliphatic carbocycles. The van der Waals surface area contributed by atoms with Gasteiger partial charge in [-0.25, -0.2) is 0 Å². The van der Waals surface area contributed by atoms with Crippen molar-refractivity contribution >= 4 is 5.97 Å². The minimum Gasteiger partial charge on any atom is -0.496 e. The molecule has 1 aromatic rings. The summed E-state index contributed by atoms with van der Waals surface area (Å²) in [5.41, 5.74) is -1.76. The molecule has 3 nitrogen and oxygen atoms in total. The predicted octanol–water partition coefficient (Wildman–Crippen LogP) is 3.22. The van der Waals surface area contributed by atoms with E-state index in [9.17, 15) is 18.0 Å². The molecule has 0 radical (unpaired) electrons. The molecule has 19 heavy (non-hydrogen) atoms. The summed E-state index contributed by atoms with van der Waals surface area (Å²) in [6, 6.07) is 3.67. The van der Waals surface area contributed by atoms with Crippen LogP contribution in [0.1, 0.15) is 30.4 Å². The fraction of sp³-hybridized carbons (Fsp3) is 0.462. The summed E-state index contributed by atoms with van der Waals surface area (Å²) >= 11 is 0. The summed E-state index contributed by atoms with van der Waals surface area (Å²) in [6.07, 6.45) is -3.96. The number of carbonyl (C=O) groups is 1. The Morgan fingerprint density at radius 1 is 1.42 bits per heavy atom. The molecule has 1 fully saturated rings. The van der Waals surface area contributed by atoms with Gasteiger partial charge in [0, 0.05) is 11.0 Å². The van der Waals surface area contributed by atoms with Crippen molar-refractivity contribution in [1.29, 1.82) is 0 Å². The van der Waals surface area contributed by atoms with E-state index in [4.69, 9.17) is 9.84 Å². The van der Waals surface area contributed by atoms with Gasteiger partial charge in [0.1, 0.15) is 5.75 Å². The van der Waals surface area contributed by atoms with Crippen LogP contribution in [-0.2, 0) is 16.4 Å². The van der Waals surface area contributed by atoms with E-state index in [1.165, 1.54) is 19.2 Å². The molecule has 104 valence electrons. The highest BCUT2D eigenvalue weighted by Crippen LogP contribution is 2.57. The molecule has 0 atom stereocenters. The minimum atomic E-state index is -4.52. The molecule has 0 aliphatic heterocycles. The second-order valence-electron chi connectivity index (χ2n) is 4.73. The zero-order chi connectivity index (χ0) is 14.3. The van der Waals surface area contributed by atoms with Crippen molar-refractivity contribution in [2.45, 2.75) is 30.9 Å². The van der Waals surface area contributed by atoms with Crippen molar-refractivity contribution in [2.24, 2.45) is 0 Å². The number of benzene rings is 1. The van der Waals surface area contributed by atoms with Crippen molar-refractivity contribution in [3.8, 4) is 5.75 Å². The van der Waals surface area contributed by atoms with E-state index >= 15 is 0 Å². The van der Waals surface area contributed by atoms with Gasteiger partial charge in [0.25, 0.3) is 0 Å². The summed E-state index contributed by atoms with van der Waals surface area (Å²) in [7, 11) is 1.29. The first-order chi connectivity index (χ1) is 8.80. The molecular weight excluding hydrogens is 261 g/mol. The average molecular weight is 274 g/mol. The van der Waals surface area contributed by atoms with Crippen LogP contribution in [-0.4, -0.2) is 18.2 Å². The maximum absolute atomic E-state index is 13.1. The number of carboxylic acid groups (broad SMARTS) is 1. The number of halogens is 3. The molecular formula is C13H13F3O3. The number of hydrogen-bond donors (Lipinski definition) is 1. The van der Waals surface area contributed by atoms with Crippen molar-refractivity contribution in [1.82, 2.24) is 0 Å². The van der Waals surface area contributed by atoms with Crippen molar-refractivity contribution in [2.75, 3.05) is 7.11 Å². The number of aliphatic carboxylic acids is 1. The molecule has 1 aromatic carbocycles. The van der Waals surface area contributed by atoms with Gasteiger partial charge < -0.3 is 9.84 Å². The largest absolute Gasteiger partial charge is 0.496 e. The van der Waals surface area contributed by atoms with Crippen LogP contribution in [0.4, 0.5) is 13.2 Å². The Bertz CT molecular complexity index is 504. The minimum absolute atomic E-state index is 0.0209. The van der Waals surface area contributed by atoms with Crippen molar-refractivity contribution in [3.05, 3.63) is 29.3 Å². The lowest BCUT2D eigenvalue weighted by Gasteiger charge is -2.22. The number of methoxy groups -OCH3 is 1. The SMILES string of the molecule is COc1cccc(C(F)(F)F)c1C1(CC(=O)O)CC1. The van der Waals surface area contributed by atoms with E-state index in [-0.39, 0.29) is 17.7 Å². The van der Waals surface area contributed by atoms with Gasteiger partial charge in [-0.05, 0) is 25.0 Å². The van der Waals surface area contributed by atoms with E-state index in [0.717, 1.165) is 6.07 Å². The van der Waals surface area contributed by atoms with Gasteiger partial charge in [0.05, 0.1) is 19.1 Å². The monoisotopic (exact) mass is 274 g/mol. The third-order valence-electron chi connectivity index (χ3n) is 3.43. The Kier molecular flexibility index (Phi) is 3.20. The Morgan fingerprint density at radius 3 is 2.47 bits per heavy atom. The normalized spacial score (nSPS) is 17.1. The van der Waals surface area contributed by atoms with Crippen LogP contribution in [0.2, 0.25) is 0 Å². The standard InChI is InChI=1S/C13H13F3O3/c1-19-9-4-2-3-8(13(14,15)16)11(9)12(5-6-12)7-10(17)18/h2-4H,5-7H2,1H3,(H,17,18). The summed E-state index contributed by atoms with van der Waals surface area (Å²) in [5.74, 6) is -0.995. The van der Waals surface area contributed by atoms with Crippen molar-refractivity contribution < 1.29 is 27.8 Å². The molecule has 0 aromatic heterocycles. The number of alkyl halides is 3. The predicted molar refractivity (Wildman–Crippen MR) is 61.2 cm³/mol. The second kappa shape index (κ2) is 4.43. The quantitative estimate of drug-likeness (QED) is 0.917. The topological polar surface area (TPSA) is 46.5 Å². The molecule has 0 unspecified atom stereocenters. The average Bonchev–Trinajstić information content (AvgIpc) is 3.06. The Morgan fingerprint density at radius 2 is 2.05 bits per heavy atom. The molecule has 0 spiro atoms. The van der Waals surface area contributed by atoms with E-state index in [2.05, 4.69) is 0 Å². The van der Waals surface area contributed by atoms with Gasteiger partial charge in [0.2, 0.25) is 0 Å². The summed E-state index contributed by atoms with van der Waals surface area (Å²) < 4.78 is 44.2. The van der Waals surface area contributed by atoms with Crippen LogP contribution in [0.5, 0.6) is 5.75 Å². The molecule has 0 bridgehead atoms. The highest BCUT2D eigenvalue weighted by molar-refractivity contribution is 5.71. The van der Waals surface area contributed by atoms with E-state index in [1.807, 2.05) is 0 Å². The zero-order valence-corrected chi connectivity index (χ0v) is 10.3. The third-order valence-corrected chi connectivity index (χ3v) is 3.43. The van der Waals surface area contributed by atoms with E-state index in [0.29, 0.717) is 12.8 Å². The van der Waals surface area contributed by atoms with Gasteiger partial charge in [-0.15, -0.1) is 0 Å². The Hall–Kier alpha value is -1.72. The maximum atomic E-state index is 13.1. The summed E-state index contributed by atoms with van der Waals surface area (Å²) in [6.45, 7) is 0. The van der Waals surface area contributed by atoms with Gasteiger partial charge in [-0.2, -0.15) is 13.2 Å². The molecule has 1 aliphatic rings. The lowest BCUT2D eigenvalue weighted by atomic mass is 9.87. The summed E-state index contributed by atoms with van der Waals surface area (Å²) in [4.78, 5) is 10.9. The molecule has 0 amide bonds. The van der Waals surface area contributed by atoms with Gasteiger partial charge in [-0.1, -0.05) is 6.07 Å². The Balaban J connectivity index is 2.57. The highest BCUT2D eigenvalue weighted by Gasteiger charge is 2.52. The van der Waals surface area contributed by atoms with Crippen LogP contribution in [0.15, 0.2) is 18.2 Å². The number of ether oxygens (including phenoxy) is 1. The molecule has 0 saturated heterocycles. The van der Waals surface area contributed by atoms with Crippen LogP contribution >= 0.6 is 0 Å². The van der Waals surface area contributed by atoms with Crippen LogP contribution in [0, 0.1) is 0 Å². The van der Waals surface area contributed by atoms with E-state index in [1.54, 1.807) is 0 Å². The first-order valence-electron chi connectivity index (χ1n) is 5.77. The third kappa shape index (κ3) is 2.52. The number of carboxylic acids is 1. The van der Waals surface area contributed by atoms with Crippen LogP contribution < -0.4 is 4.74 Å². The molecule has 1 saturated carbocycles. The lowest BCUT2D eigenvalue weighted by Crippen LogP contribution is -2.20. The smallest absolute Gasteiger partial charge is 0.416 e. The van der Waals surface area contributed by atoms with Gasteiger partial charge in [-0.3, -0.25) is 4.79 Å². The van der Waals surface area contributed by atoms with Crippen LogP contribution in [0.3, 0.4) is 0 Å². The first kappa shape index (κ1) is 13.7. The number of rotatable bonds is 4. The van der Waals surface area contributed by atoms with Crippen molar-refractivity contribution in [3.63, 3.8) is 0 Å². The summed E-state index contributed by atoms with van der Waals surface area (Å²) in [5, 5.41) is 8.89. The maximum Gasteiger partial charge on any atom is 0.416 e. The zero-order valence-electron chi connectivity index (χ0n) is 10.3. The fourth-order valence-corrected chi connectivity index (χ4v) is 2.44. The second-order valence-corrected chi connectivity index (χ2v) is 4.73. The lowest BCUT2D eigenvalue weighted by molar-refractivity contribution is -0.141. The fourth-order valence-electron chi connectivity index (χ4n) is 2.44.